The van der Waals surface area contributed by atoms with E-state index < -0.39 is 6.04 Å². The maximum absolute atomic E-state index is 12.1. The third-order valence-corrected chi connectivity index (χ3v) is 4.22. The van der Waals surface area contributed by atoms with Gasteiger partial charge in [-0.2, -0.15) is 0 Å². The molecule has 21 heavy (non-hydrogen) atoms. The molecule has 3 rings (SSSR count). The molecule has 3 N–H and O–H groups in total. The van der Waals surface area contributed by atoms with Gasteiger partial charge in [0.25, 0.3) is 5.91 Å². The lowest BCUT2D eigenvalue weighted by atomic mass is 10.2. The van der Waals surface area contributed by atoms with Crippen LogP contribution < -0.4 is 10.6 Å². The molecule has 2 amide bonds. The molecule has 7 heteroatoms. The molecule has 0 spiro atoms. The molecule has 1 aromatic heterocycles. The first kappa shape index (κ1) is 13.6. The van der Waals surface area contributed by atoms with Crippen molar-refractivity contribution in [2.45, 2.75) is 12.5 Å². The molecule has 0 aliphatic carbocycles. The normalized spacial score (nSPS) is 17.5. The van der Waals surface area contributed by atoms with E-state index in [4.69, 9.17) is 0 Å². The van der Waals surface area contributed by atoms with E-state index in [0.29, 0.717) is 22.9 Å². The smallest absolute Gasteiger partial charge is 0.263 e. The Morgan fingerprint density at radius 3 is 3.05 bits per heavy atom. The highest BCUT2D eigenvalue weighted by Gasteiger charge is 2.26. The molecule has 108 valence electrons. The van der Waals surface area contributed by atoms with E-state index in [2.05, 4.69) is 15.6 Å². The molecule has 1 saturated heterocycles. The zero-order valence-electron chi connectivity index (χ0n) is 11.0. The number of aromatic nitrogens is 1. The van der Waals surface area contributed by atoms with E-state index in [9.17, 15) is 14.7 Å². The Morgan fingerprint density at radius 2 is 2.33 bits per heavy atom. The fraction of sp³-hybridized carbons (Fsp3) is 0.214. The summed E-state index contributed by atoms with van der Waals surface area (Å²) in [5.74, 6) is -0.307. The fourth-order valence-corrected chi connectivity index (χ4v) is 2.93. The van der Waals surface area contributed by atoms with Gasteiger partial charge in [0.2, 0.25) is 5.91 Å². The van der Waals surface area contributed by atoms with Gasteiger partial charge in [-0.3, -0.25) is 9.59 Å². The predicted octanol–water partition coefficient (Wildman–Crippen LogP) is 1.13. The summed E-state index contributed by atoms with van der Waals surface area (Å²) in [5, 5.41) is 15.5. The summed E-state index contributed by atoms with van der Waals surface area (Å²) in [5.41, 5.74) is 0.748. The molecular formula is C14H13N3O3S. The standard InChI is InChI=1S/C14H13N3O3S/c18-9-3-1-2-8(6-9)14-16-7-11(21-14)13(20)17-10-4-5-15-12(10)19/h1-3,6-7,10,18H,4-5H2,(H,15,19)(H,17,20)/t10-/m0/s1. The molecule has 2 heterocycles. The molecule has 2 aromatic rings. The summed E-state index contributed by atoms with van der Waals surface area (Å²) < 4.78 is 0. The van der Waals surface area contributed by atoms with Gasteiger partial charge in [-0.25, -0.2) is 4.98 Å². The van der Waals surface area contributed by atoms with Gasteiger partial charge in [0.15, 0.2) is 0 Å². The van der Waals surface area contributed by atoms with E-state index in [1.807, 2.05) is 6.07 Å². The number of hydrogen-bond donors (Lipinski definition) is 3. The molecule has 0 saturated carbocycles. The van der Waals surface area contributed by atoms with Crippen LogP contribution in [0.5, 0.6) is 5.75 Å². The van der Waals surface area contributed by atoms with Gasteiger partial charge in [-0.05, 0) is 18.6 Å². The van der Waals surface area contributed by atoms with Crippen LogP contribution in [-0.4, -0.2) is 34.5 Å². The predicted molar refractivity (Wildman–Crippen MR) is 78.1 cm³/mol. The highest BCUT2D eigenvalue weighted by molar-refractivity contribution is 7.16. The lowest BCUT2D eigenvalue weighted by Gasteiger charge is -2.07. The van der Waals surface area contributed by atoms with Gasteiger partial charge >= 0.3 is 0 Å². The zero-order valence-corrected chi connectivity index (χ0v) is 11.8. The molecule has 1 fully saturated rings. The van der Waals surface area contributed by atoms with Crippen LogP contribution in [0.15, 0.2) is 30.5 Å². The van der Waals surface area contributed by atoms with Gasteiger partial charge in [0, 0.05) is 12.1 Å². The van der Waals surface area contributed by atoms with E-state index in [-0.39, 0.29) is 17.6 Å². The number of phenols is 1. The van der Waals surface area contributed by atoms with E-state index >= 15 is 0 Å². The second kappa shape index (κ2) is 5.53. The number of hydrogen-bond acceptors (Lipinski definition) is 5. The summed E-state index contributed by atoms with van der Waals surface area (Å²) in [7, 11) is 0. The summed E-state index contributed by atoms with van der Waals surface area (Å²) in [6.45, 7) is 0.584. The SMILES string of the molecule is O=C(N[C@H]1CCNC1=O)c1cnc(-c2cccc(O)c2)s1. The van der Waals surface area contributed by atoms with Crippen LogP contribution in [0, 0.1) is 0 Å². The number of nitrogens with zero attached hydrogens (tertiary/aromatic N) is 1. The van der Waals surface area contributed by atoms with E-state index in [1.165, 1.54) is 17.5 Å². The molecular weight excluding hydrogens is 290 g/mol. The molecule has 1 aliphatic rings. The number of amides is 2. The van der Waals surface area contributed by atoms with Crippen LogP contribution in [0.3, 0.4) is 0 Å². The molecule has 0 radical (unpaired) electrons. The van der Waals surface area contributed by atoms with E-state index in [0.717, 1.165) is 5.56 Å². The van der Waals surface area contributed by atoms with Gasteiger partial charge in [-0.15, -0.1) is 11.3 Å². The number of rotatable bonds is 3. The summed E-state index contributed by atoms with van der Waals surface area (Å²) in [4.78, 5) is 28.2. The van der Waals surface area contributed by atoms with Crippen LogP contribution in [0.1, 0.15) is 16.1 Å². The van der Waals surface area contributed by atoms with Gasteiger partial charge < -0.3 is 15.7 Å². The summed E-state index contributed by atoms with van der Waals surface area (Å²) in [6.07, 6.45) is 2.08. The van der Waals surface area contributed by atoms with Crippen molar-refractivity contribution in [2.75, 3.05) is 6.54 Å². The Hall–Kier alpha value is -2.41. The minimum atomic E-state index is -0.469. The second-order valence-electron chi connectivity index (χ2n) is 4.69. The molecule has 1 aromatic carbocycles. The van der Waals surface area contributed by atoms with Gasteiger partial charge in [0.1, 0.15) is 21.7 Å². The van der Waals surface area contributed by atoms with Crippen molar-refractivity contribution in [3.63, 3.8) is 0 Å². The Morgan fingerprint density at radius 1 is 1.48 bits per heavy atom. The van der Waals surface area contributed by atoms with Crippen LogP contribution in [0.25, 0.3) is 10.6 Å². The van der Waals surface area contributed by atoms with Crippen molar-refractivity contribution in [2.24, 2.45) is 0 Å². The van der Waals surface area contributed by atoms with Crippen molar-refractivity contribution >= 4 is 23.2 Å². The monoisotopic (exact) mass is 303 g/mol. The maximum atomic E-state index is 12.1. The number of thiazole rings is 1. The number of nitrogens with one attached hydrogen (secondary N) is 2. The van der Waals surface area contributed by atoms with Crippen molar-refractivity contribution in [1.29, 1.82) is 0 Å². The molecule has 6 nitrogen and oxygen atoms in total. The van der Waals surface area contributed by atoms with Gasteiger partial charge in [-0.1, -0.05) is 12.1 Å². The molecule has 0 bridgehead atoms. The lowest BCUT2D eigenvalue weighted by molar-refractivity contribution is -0.120. The number of carbonyl (C=O) groups excluding carboxylic acids is 2. The minimum Gasteiger partial charge on any atom is -0.508 e. The van der Waals surface area contributed by atoms with Crippen LogP contribution >= 0.6 is 11.3 Å². The highest BCUT2D eigenvalue weighted by Crippen LogP contribution is 2.27. The average molecular weight is 303 g/mol. The largest absolute Gasteiger partial charge is 0.508 e. The van der Waals surface area contributed by atoms with Gasteiger partial charge in [0.05, 0.1) is 6.20 Å². The van der Waals surface area contributed by atoms with Crippen molar-refractivity contribution in [3.8, 4) is 16.3 Å². The zero-order chi connectivity index (χ0) is 14.8. The third kappa shape index (κ3) is 2.87. The second-order valence-corrected chi connectivity index (χ2v) is 5.72. The van der Waals surface area contributed by atoms with Crippen molar-refractivity contribution in [3.05, 3.63) is 35.3 Å². The number of benzene rings is 1. The molecule has 0 unspecified atom stereocenters. The highest BCUT2D eigenvalue weighted by atomic mass is 32.1. The Bertz CT molecular complexity index is 698. The Kier molecular flexibility index (Phi) is 3.57. The number of carbonyl (C=O) groups is 2. The Labute approximate surface area is 124 Å². The lowest BCUT2D eigenvalue weighted by Crippen LogP contribution is -2.39. The van der Waals surface area contributed by atoms with Crippen LogP contribution in [0.4, 0.5) is 0 Å². The average Bonchev–Trinajstić information content (AvgIpc) is 3.09. The molecule has 1 atom stereocenters. The quantitative estimate of drug-likeness (QED) is 0.793. The Balaban J connectivity index is 1.75. The third-order valence-electron chi connectivity index (χ3n) is 3.18. The first-order chi connectivity index (χ1) is 10.1. The minimum absolute atomic E-state index is 0.149. The van der Waals surface area contributed by atoms with Crippen LogP contribution in [-0.2, 0) is 4.79 Å². The van der Waals surface area contributed by atoms with Crippen molar-refractivity contribution < 1.29 is 14.7 Å². The number of phenolic OH excluding ortho intramolecular Hbond substituents is 1. The number of aromatic hydroxyl groups is 1. The fourth-order valence-electron chi connectivity index (χ4n) is 2.11. The summed E-state index contributed by atoms with van der Waals surface area (Å²) in [6, 6.07) is 6.22. The first-order valence-corrected chi connectivity index (χ1v) is 7.29. The summed E-state index contributed by atoms with van der Waals surface area (Å²) >= 11 is 1.22. The van der Waals surface area contributed by atoms with Crippen LogP contribution in [0.2, 0.25) is 0 Å². The molecule has 1 aliphatic heterocycles. The topological polar surface area (TPSA) is 91.3 Å². The van der Waals surface area contributed by atoms with Crippen molar-refractivity contribution in [1.82, 2.24) is 15.6 Å². The first-order valence-electron chi connectivity index (χ1n) is 6.47. The maximum Gasteiger partial charge on any atom is 0.263 e. The van der Waals surface area contributed by atoms with E-state index in [1.54, 1.807) is 18.2 Å².